The molecule has 0 amide bonds. The number of azo groups is 1. The average molecular weight is 358 g/mol. The molecule has 1 atom stereocenters. The van der Waals surface area contributed by atoms with Gasteiger partial charge in [-0.15, -0.1) is 5.11 Å². The summed E-state index contributed by atoms with van der Waals surface area (Å²) in [5, 5.41) is 19.4. The van der Waals surface area contributed by atoms with Gasteiger partial charge < -0.3 is 0 Å². The molecule has 27 heavy (non-hydrogen) atoms. The minimum absolute atomic E-state index is 0.723. The maximum atomic E-state index is 10.1. The van der Waals surface area contributed by atoms with Crippen molar-refractivity contribution < 1.29 is 10.1 Å². The molecule has 0 aromatic heterocycles. The van der Waals surface area contributed by atoms with Gasteiger partial charge in [-0.05, 0) is 11.1 Å². The van der Waals surface area contributed by atoms with Gasteiger partial charge in [-0.1, -0.05) is 105 Å². The first-order valence-corrected chi connectivity index (χ1v) is 9.02. The zero-order valence-corrected chi connectivity index (χ0v) is 15.4. The summed E-state index contributed by atoms with van der Waals surface area (Å²) in [5.74, 6) is 0. The van der Waals surface area contributed by atoms with Gasteiger partial charge in [0.2, 0.25) is 5.72 Å². The largest absolute Gasteiger partial charge is 0.249 e. The molecular weight excluding hydrogens is 336 g/mol. The third kappa shape index (κ3) is 2.30. The quantitative estimate of drug-likeness (QED) is 0.476. The van der Waals surface area contributed by atoms with Gasteiger partial charge >= 0.3 is 0 Å². The molecule has 3 aromatic rings. The molecule has 0 fully saturated rings. The number of nitrogens with zero attached hydrogens (tertiary/aromatic N) is 2. The fraction of sp³-hybridized carbons (Fsp3) is 0.217. The topological polar surface area (TPSA) is 54.2 Å². The van der Waals surface area contributed by atoms with E-state index in [-0.39, 0.29) is 0 Å². The summed E-state index contributed by atoms with van der Waals surface area (Å²) in [6, 6.07) is 29.7. The highest BCUT2D eigenvalue weighted by atomic mass is 17.1. The Bertz CT molecular complexity index is 900. The van der Waals surface area contributed by atoms with Gasteiger partial charge in [-0.25, -0.2) is 10.1 Å². The van der Waals surface area contributed by atoms with Crippen molar-refractivity contribution >= 4 is 0 Å². The molecule has 0 saturated heterocycles. The van der Waals surface area contributed by atoms with Gasteiger partial charge in [0.1, 0.15) is 5.54 Å². The molecule has 0 radical (unpaired) electrons. The molecule has 1 N–H and O–H groups in total. The van der Waals surface area contributed by atoms with Crippen LogP contribution in [0.2, 0.25) is 0 Å². The maximum absolute atomic E-state index is 10.1. The minimum atomic E-state index is -1.32. The summed E-state index contributed by atoms with van der Waals surface area (Å²) in [5.41, 5.74) is -0.0954. The smallest absolute Gasteiger partial charge is 0.245 e. The Morgan fingerprint density at radius 1 is 0.630 bits per heavy atom. The molecule has 3 aromatic carbocycles. The molecule has 1 aliphatic rings. The monoisotopic (exact) mass is 358 g/mol. The predicted octanol–water partition coefficient (Wildman–Crippen LogP) is 5.76. The average Bonchev–Trinajstić information content (AvgIpc) is 2.98. The van der Waals surface area contributed by atoms with Crippen LogP contribution in [-0.2, 0) is 16.2 Å². The summed E-state index contributed by atoms with van der Waals surface area (Å²) in [4.78, 5) is 5.14. The molecule has 0 spiro atoms. The third-order valence-corrected chi connectivity index (χ3v) is 5.77. The van der Waals surface area contributed by atoms with Crippen LogP contribution >= 0.6 is 0 Å². The van der Waals surface area contributed by atoms with Crippen LogP contribution in [0.4, 0.5) is 0 Å². The molecule has 1 heterocycles. The normalized spacial score (nSPS) is 22.6. The van der Waals surface area contributed by atoms with Gasteiger partial charge in [0.25, 0.3) is 0 Å². The minimum Gasteiger partial charge on any atom is -0.249 e. The maximum Gasteiger partial charge on any atom is 0.245 e. The molecule has 0 aliphatic carbocycles. The molecule has 1 aliphatic heterocycles. The van der Waals surface area contributed by atoms with Crippen molar-refractivity contribution in [2.45, 2.75) is 25.1 Å². The van der Waals surface area contributed by atoms with E-state index in [0.29, 0.717) is 0 Å². The fourth-order valence-electron chi connectivity index (χ4n) is 4.27. The summed E-state index contributed by atoms with van der Waals surface area (Å²) in [6.45, 7) is 4.08. The van der Waals surface area contributed by atoms with Crippen LogP contribution in [-0.4, -0.2) is 5.26 Å². The van der Waals surface area contributed by atoms with Crippen molar-refractivity contribution in [3.05, 3.63) is 108 Å². The second-order valence-corrected chi connectivity index (χ2v) is 7.37. The van der Waals surface area contributed by atoms with E-state index in [1.165, 1.54) is 0 Å². The molecule has 1 unspecified atom stereocenters. The molecule has 136 valence electrons. The van der Waals surface area contributed by atoms with Gasteiger partial charge in [0.15, 0.2) is 0 Å². The molecule has 4 nitrogen and oxygen atoms in total. The van der Waals surface area contributed by atoms with E-state index in [9.17, 15) is 5.26 Å². The van der Waals surface area contributed by atoms with Crippen molar-refractivity contribution in [2.24, 2.45) is 15.6 Å². The predicted molar refractivity (Wildman–Crippen MR) is 104 cm³/mol. The first-order valence-electron chi connectivity index (χ1n) is 9.02. The number of benzene rings is 3. The van der Waals surface area contributed by atoms with E-state index in [1.807, 2.05) is 105 Å². The first kappa shape index (κ1) is 17.6. The standard InChI is InChI=1S/C23H22N2O2/c1-21(2)22(18-12-6-3-7-13-18,19-14-8-4-9-15-19)24-25-23(21,27-26)20-16-10-5-11-17-20/h3-17,26H,1-2H3. The lowest BCUT2D eigenvalue weighted by Gasteiger charge is -2.45. The highest BCUT2D eigenvalue weighted by Crippen LogP contribution is 2.63. The van der Waals surface area contributed by atoms with Crippen LogP contribution in [0.5, 0.6) is 0 Å². The lowest BCUT2D eigenvalue weighted by Crippen LogP contribution is -2.51. The molecule has 4 rings (SSSR count). The highest BCUT2D eigenvalue weighted by Gasteiger charge is 2.67. The van der Waals surface area contributed by atoms with Crippen LogP contribution in [0.3, 0.4) is 0 Å². The zero-order valence-electron chi connectivity index (χ0n) is 15.4. The van der Waals surface area contributed by atoms with Crippen LogP contribution < -0.4 is 0 Å². The van der Waals surface area contributed by atoms with Crippen molar-refractivity contribution in [3.8, 4) is 0 Å². The Kier molecular flexibility index (Phi) is 4.17. The molecular formula is C23H22N2O2. The van der Waals surface area contributed by atoms with E-state index in [2.05, 4.69) is 5.11 Å². The van der Waals surface area contributed by atoms with Crippen LogP contribution in [0.1, 0.15) is 30.5 Å². The van der Waals surface area contributed by atoms with Gasteiger partial charge in [0.05, 0.1) is 5.41 Å². The number of hydrogen-bond acceptors (Lipinski definition) is 4. The van der Waals surface area contributed by atoms with Crippen LogP contribution in [0.15, 0.2) is 101 Å². The van der Waals surface area contributed by atoms with E-state index < -0.39 is 16.7 Å². The Labute approximate surface area is 159 Å². The van der Waals surface area contributed by atoms with Gasteiger partial charge in [-0.2, -0.15) is 5.11 Å². The number of rotatable bonds is 4. The Balaban J connectivity index is 2.01. The van der Waals surface area contributed by atoms with Crippen molar-refractivity contribution in [2.75, 3.05) is 0 Å². The Morgan fingerprint density at radius 3 is 1.44 bits per heavy atom. The van der Waals surface area contributed by atoms with E-state index in [1.54, 1.807) is 0 Å². The van der Waals surface area contributed by atoms with Crippen LogP contribution in [0.25, 0.3) is 0 Å². The summed E-state index contributed by atoms with van der Waals surface area (Å²) in [7, 11) is 0. The van der Waals surface area contributed by atoms with E-state index in [0.717, 1.165) is 16.7 Å². The van der Waals surface area contributed by atoms with Crippen molar-refractivity contribution in [3.63, 3.8) is 0 Å². The van der Waals surface area contributed by atoms with Crippen LogP contribution in [0, 0.1) is 5.41 Å². The fourth-order valence-corrected chi connectivity index (χ4v) is 4.27. The lowest BCUT2D eigenvalue weighted by molar-refractivity contribution is -0.355. The lowest BCUT2D eigenvalue weighted by atomic mass is 9.60. The second kappa shape index (κ2) is 6.41. The summed E-state index contributed by atoms with van der Waals surface area (Å²) < 4.78 is 0. The molecule has 0 saturated carbocycles. The van der Waals surface area contributed by atoms with E-state index in [4.69, 9.17) is 10.0 Å². The first-order chi connectivity index (χ1) is 13.1. The highest BCUT2D eigenvalue weighted by molar-refractivity contribution is 5.45. The summed E-state index contributed by atoms with van der Waals surface area (Å²) >= 11 is 0. The third-order valence-electron chi connectivity index (χ3n) is 5.77. The molecule has 0 bridgehead atoms. The van der Waals surface area contributed by atoms with E-state index >= 15 is 0 Å². The second-order valence-electron chi connectivity index (χ2n) is 7.37. The van der Waals surface area contributed by atoms with Gasteiger partial charge in [0, 0.05) is 5.56 Å². The molecule has 4 heteroatoms. The Morgan fingerprint density at radius 2 is 1.04 bits per heavy atom. The van der Waals surface area contributed by atoms with Gasteiger partial charge in [-0.3, -0.25) is 0 Å². The van der Waals surface area contributed by atoms with Crippen molar-refractivity contribution in [1.29, 1.82) is 0 Å². The Hall–Kier alpha value is -2.82. The SMILES string of the molecule is CC1(C)C(OO)(c2ccccc2)N=NC1(c1ccccc1)c1ccccc1. The van der Waals surface area contributed by atoms with Crippen molar-refractivity contribution in [1.82, 2.24) is 0 Å². The zero-order chi connectivity index (χ0) is 19.0. The number of hydrogen-bond donors (Lipinski definition) is 1. The summed E-state index contributed by atoms with van der Waals surface area (Å²) in [6.07, 6.45) is 0.